The molecule has 0 spiro atoms. The minimum atomic E-state index is -0.691. The fraction of sp³-hybridized carbons (Fsp3) is 0.538. The predicted octanol–water partition coefficient (Wildman–Crippen LogP) is 1.31. The second-order valence-electron chi connectivity index (χ2n) is 4.82. The predicted molar refractivity (Wildman–Crippen MR) is 75.4 cm³/mol. The van der Waals surface area contributed by atoms with Crippen molar-refractivity contribution in [3.63, 3.8) is 0 Å². The van der Waals surface area contributed by atoms with Crippen LogP contribution < -0.4 is 5.73 Å². The molecule has 2 rings (SSSR count). The summed E-state index contributed by atoms with van der Waals surface area (Å²) >= 11 is 3.36. The Morgan fingerprint density at radius 1 is 1.63 bits per heavy atom. The van der Waals surface area contributed by atoms with Crippen LogP contribution in [0.15, 0.2) is 22.8 Å². The summed E-state index contributed by atoms with van der Waals surface area (Å²) in [5.74, 6) is -0.316. The number of carbonyl (C=O) groups excluding carboxylic acids is 1. The van der Waals surface area contributed by atoms with Crippen molar-refractivity contribution < 1.29 is 9.53 Å². The molecule has 1 saturated heterocycles. The van der Waals surface area contributed by atoms with Gasteiger partial charge < -0.3 is 10.5 Å². The normalized spacial score (nSPS) is 23.7. The molecular formula is C13H18BrN3O2. The highest BCUT2D eigenvalue weighted by Crippen LogP contribution is 2.31. The van der Waals surface area contributed by atoms with Gasteiger partial charge in [-0.2, -0.15) is 0 Å². The van der Waals surface area contributed by atoms with Gasteiger partial charge in [-0.3, -0.25) is 14.7 Å². The highest BCUT2D eigenvalue weighted by molar-refractivity contribution is 9.10. The third kappa shape index (κ3) is 2.96. The van der Waals surface area contributed by atoms with Crippen LogP contribution in [-0.2, 0) is 16.1 Å². The van der Waals surface area contributed by atoms with E-state index in [-0.39, 0.29) is 5.91 Å². The number of nitrogens with two attached hydrogens (primary N) is 1. The van der Waals surface area contributed by atoms with Gasteiger partial charge in [0.25, 0.3) is 0 Å². The fourth-order valence-corrected chi connectivity index (χ4v) is 2.85. The Labute approximate surface area is 121 Å². The van der Waals surface area contributed by atoms with E-state index in [1.807, 2.05) is 12.1 Å². The first-order chi connectivity index (χ1) is 9.08. The molecule has 1 fully saturated rings. The summed E-state index contributed by atoms with van der Waals surface area (Å²) in [6, 6.07) is 3.89. The van der Waals surface area contributed by atoms with Crippen molar-refractivity contribution in [1.29, 1.82) is 0 Å². The zero-order chi connectivity index (χ0) is 13.9. The molecule has 0 bridgehead atoms. The molecule has 2 N–H and O–H groups in total. The number of aromatic nitrogens is 1. The quantitative estimate of drug-likeness (QED) is 0.885. The van der Waals surface area contributed by atoms with Crippen LogP contribution in [0, 0.1) is 0 Å². The zero-order valence-corrected chi connectivity index (χ0v) is 12.5. The van der Waals surface area contributed by atoms with Gasteiger partial charge in [0.2, 0.25) is 5.91 Å². The summed E-state index contributed by atoms with van der Waals surface area (Å²) < 4.78 is 6.15. The molecule has 2 heterocycles. The van der Waals surface area contributed by atoms with E-state index in [9.17, 15) is 4.79 Å². The van der Waals surface area contributed by atoms with Crippen LogP contribution in [0.3, 0.4) is 0 Å². The molecule has 0 radical (unpaired) electrons. The first kappa shape index (κ1) is 14.4. The molecular weight excluding hydrogens is 310 g/mol. The molecule has 19 heavy (non-hydrogen) atoms. The van der Waals surface area contributed by atoms with E-state index in [2.05, 4.69) is 25.8 Å². The average molecular weight is 328 g/mol. The number of carbonyl (C=O) groups is 1. The fourth-order valence-electron chi connectivity index (χ4n) is 2.61. The van der Waals surface area contributed by atoms with Gasteiger partial charge in [-0.1, -0.05) is 0 Å². The molecule has 1 aliphatic heterocycles. The summed E-state index contributed by atoms with van der Waals surface area (Å²) in [4.78, 5) is 18.3. The monoisotopic (exact) mass is 327 g/mol. The van der Waals surface area contributed by atoms with Crippen molar-refractivity contribution in [1.82, 2.24) is 9.88 Å². The smallest absolute Gasteiger partial charge is 0.240 e. The largest absolute Gasteiger partial charge is 0.382 e. The van der Waals surface area contributed by atoms with Crippen molar-refractivity contribution >= 4 is 21.8 Å². The summed E-state index contributed by atoms with van der Waals surface area (Å²) in [5.41, 5.74) is 5.83. The van der Waals surface area contributed by atoms with E-state index in [0.717, 1.165) is 29.6 Å². The second-order valence-corrected chi connectivity index (χ2v) is 5.74. The molecule has 1 atom stereocenters. The zero-order valence-electron chi connectivity index (χ0n) is 10.9. The number of hydrogen-bond acceptors (Lipinski definition) is 4. The highest BCUT2D eigenvalue weighted by atomic mass is 79.9. The number of nitrogens with zero attached hydrogens (tertiary/aromatic N) is 2. The topological polar surface area (TPSA) is 68.5 Å². The molecule has 0 aliphatic carbocycles. The van der Waals surface area contributed by atoms with Gasteiger partial charge in [-0.05, 0) is 47.4 Å². The Hall–Kier alpha value is -0.980. The highest BCUT2D eigenvalue weighted by Gasteiger charge is 2.46. The third-order valence-electron chi connectivity index (χ3n) is 3.61. The van der Waals surface area contributed by atoms with Crippen molar-refractivity contribution in [3.8, 4) is 0 Å². The van der Waals surface area contributed by atoms with Crippen LogP contribution in [-0.4, -0.2) is 41.6 Å². The first-order valence-corrected chi connectivity index (χ1v) is 7.02. The van der Waals surface area contributed by atoms with Crippen LogP contribution in [0.4, 0.5) is 0 Å². The molecule has 1 amide bonds. The molecule has 1 aromatic heterocycles. The molecule has 5 nitrogen and oxygen atoms in total. The van der Waals surface area contributed by atoms with E-state index < -0.39 is 5.54 Å². The van der Waals surface area contributed by atoms with E-state index in [0.29, 0.717) is 13.2 Å². The summed E-state index contributed by atoms with van der Waals surface area (Å²) in [5, 5.41) is 0. The number of halogens is 1. The Morgan fingerprint density at radius 3 is 3.00 bits per heavy atom. The maximum Gasteiger partial charge on any atom is 0.240 e. The third-order valence-corrected chi connectivity index (χ3v) is 4.08. The lowest BCUT2D eigenvalue weighted by molar-refractivity contribution is -0.132. The molecule has 104 valence electrons. The van der Waals surface area contributed by atoms with Gasteiger partial charge in [0.15, 0.2) is 0 Å². The number of hydrogen-bond donors (Lipinski definition) is 1. The van der Waals surface area contributed by atoms with Crippen LogP contribution in [0.2, 0.25) is 0 Å². The van der Waals surface area contributed by atoms with Crippen molar-refractivity contribution in [2.24, 2.45) is 5.73 Å². The number of rotatable bonds is 5. The van der Waals surface area contributed by atoms with E-state index >= 15 is 0 Å². The van der Waals surface area contributed by atoms with Crippen molar-refractivity contribution in [2.75, 3.05) is 20.3 Å². The molecule has 1 aromatic rings. The van der Waals surface area contributed by atoms with E-state index in [4.69, 9.17) is 10.5 Å². The van der Waals surface area contributed by atoms with E-state index in [1.54, 1.807) is 13.3 Å². The van der Waals surface area contributed by atoms with Gasteiger partial charge in [0, 0.05) is 24.3 Å². The van der Waals surface area contributed by atoms with Crippen LogP contribution >= 0.6 is 15.9 Å². The summed E-state index contributed by atoms with van der Waals surface area (Å²) in [6.45, 7) is 1.78. The summed E-state index contributed by atoms with van der Waals surface area (Å²) in [7, 11) is 1.60. The van der Waals surface area contributed by atoms with Crippen LogP contribution in [0.25, 0.3) is 0 Å². The van der Waals surface area contributed by atoms with Crippen molar-refractivity contribution in [2.45, 2.75) is 24.9 Å². The number of likely N-dealkylation sites (tertiary alicyclic amines) is 1. The number of methoxy groups -OCH3 is 1. The molecule has 6 heteroatoms. The second kappa shape index (κ2) is 5.98. The molecule has 1 aliphatic rings. The van der Waals surface area contributed by atoms with Crippen LogP contribution in [0.5, 0.6) is 0 Å². The lowest BCUT2D eigenvalue weighted by Gasteiger charge is -2.34. The summed E-state index contributed by atoms with van der Waals surface area (Å²) in [6.07, 6.45) is 3.45. The molecule has 0 aromatic carbocycles. The Morgan fingerprint density at radius 2 is 2.42 bits per heavy atom. The maximum atomic E-state index is 11.8. The van der Waals surface area contributed by atoms with Gasteiger partial charge in [-0.25, -0.2) is 0 Å². The molecule has 1 unspecified atom stereocenters. The number of primary amides is 1. The SMILES string of the molecule is COCC1(C(N)=O)CCCN1Cc1ccc(Br)cn1. The molecule has 0 saturated carbocycles. The van der Waals surface area contributed by atoms with Gasteiger partial charge in [-0.15, -0.1) is 0 Å². The minimum absolute atomic E-state index is 0.316. The number of ether oxygens (including phenoxy) is 1. The number of amides is 1. The van der Waals surface area contributed by atoms with Gasteiger partial charge in [0.1, 0.15) is 5.54 Å². The lowest BCUT2D eigenvalue weighted by atomic mass is 9.96. The maximum absolute atomic E-state index is 11.8. The standard InChI is InChI=1S/C13H18BrN3O2/c1-19-9-13(12(15)18)5-2-6-17(13)8-11-4-3-10(14)7-16-11/h3-4,7H,2,5-6,8-9H2,1H3,(H2,15,18). The Bertz CT molecular complexity index is 452. The average Bonchev–Trinajstić information content (AvgIpc) is 2.77. The Balaban J connectivity index is 2.17. The van der Waals surface area contributed by atoms with Crippen molar-refractivity contribution in [3.05, 3.63) is 28.5 Å². The van der Waals surface area contributed by atoms with Gasteiger partial charge >= 0.3 is 0 Å². The van der Waals surface area contributed by atoms with Gasteiger partial charge in [0.05, 0.1) is 12.3 Å². The minimum Gasteiger partial charge on any atom is -0.382 e. The van der Waals surface area contributed by atoms with Crippen LogP contribution in [0.1, 0.15) is 18.5 Å². The Kier molecular flexibility index (Phi) is 4.54. The number of pyridine rings is 1. The lowest BCUT2D eigenvalue weighted by Crippen LogP contribution is -2.56. The van der Waals surface area contributed by atoms with E-state index in [1.165, 1.54) is 0 Å². The first-order valence-electron chi connectivity index (χ1n) is 6.23.